The second-order valence-electron chi connectivity index (χ2n) is 7.00. The van der Waals surface area contributed by atoms with Gasteiger partial charge >= 0.3 is 12.6 Å². The molecule has 1 N–H and O–H groups in total. The number of aromatic carboxylic acids is 1. The number of carboxylic acids is 1. The van der Waals surface area contributed by atoms with Gasteiger partial charge in [0, 0.05) is 11.8 Å². The molecule has 0 fully saturated rings. The van der Waals surface area contributed by atoms with E-state index in [1.165, 1.54) is 16.5 Å². The zero-order chi connectivity index (χ0) is 21.7. The van der Waals surface area contributed by atoms with Gasteiger partial charge in [-0.3, -0.25) is 4.40 Å². The van der Waals surface area contributed by atoms with Crippen molar-refractivity contribution in [3.8, 4) is 11.5 Å². The highest BCUT2D eigenvalue weighted by atomic mass is 19.3. The van der Waals surface area contributed by atoms with Gasteiger partial charge in [-0.25, -0.2) is 9.78 Å². The number of halogens is 2. The third-order valence-electron chi connectivity index (χ3n) is 4.35. The Kier molecular flexibility index (Phi) is 6.66. The van der Waals surface area contributed by atoms with Crippen molar-refractivity contribution in [2.75, 3.05) is 6.61 Å². The minimum atomic E-state index is -2.99. The Hall–Kier alpha value is -3.42. The fourth-order valence-corrected chi connectivity index (χ4v) is 2.92. The maximum Gasteiger partial charge on any atom is 0.387 e. The van der Waals surface area contributed by atoms with Crippen LogP contribution in [0.4, 0.5) is 8.78 Å². The largest absolute Gasteiger partial charge is 0.489 e. The van der Waals surface area contributed by atoms with E-state index in [-0.39, 0.29) is 22.9 Å². The molecule has 30 heavy (non-hydrogen) atoms. The maximum absolute atomic E-state index is 12.8. The Morgan fingerprint density at radius 3 is 2.70 bits per heavy atom. The first-order chi connectivity index (χ1) is 14.4. The summed E-state index contributed by atoms with van der Waals surface area (Å²) < 4.78 is 37.5. The Balaban J connectivity index is 1.99. The van der Waals surface area contributed by atoms with Gasteiger partial charge in [-0.1, -0.05) is 32.0 Å². The normalized spacial score (nSPS) is 11.7. The number of nitrogens with zero attached hydrogens (tertiary/aromatic N) is 2. The molecule has 0 aliphatic rings. The quantitative estimate of drug-likeness (QED) is 0.517. The first-order valence-electron chi connectivity index (χ1n) is 9.46. The number of benzene rings is 1. The molecule has 0 aliphatic carbocycles. The third-order valence-corrected chi connectivity index (χ3v) is 4.35. The molecule has 6 nitrogen and oxygen atoms in total. The number of carboxylic acid groups (broad SMARTS) is 1. The summed E-state index contributed by atoms with van der Waals surface area (Å²) in [5.41, 5.74) is 1.20. The van der Waals surface area contributed by atoms with Crippen molar-refractivity contribution in [2.24, 2.45) is 5.92 Å². The van der Waals surface area contributed by atoms with Crippen molar-refractivity contribution in [1.29, 1.82) is 0 Å². The number of pyridine rings is 1. The molecular weight excluding hydrogens is 394 g/mol. The van der Waals surface area contributed by atoms with Gasteiger partial charge in [0.25, 0.3) is 0 Å². The van der Waals surface area contributed by atoms with E-state index in [0.717, 1.165) is 6.42 Å². The summed E-state index contributed by atoms with van der Waals surface area (Å²) in [6, 6.07) is 9.81. The van der Waals surface area contributed by atoms with Crippen LogP contribution in [0.3, 0.4) is 0 Å². The van der Waals surface area contributed by atoms with E-state index in [0.29, 0.717) is 23.7 Å². The number of imidazole rings is 1. The highest BCUT2D eigenvalue weighted by Gasteiger charge is 2.18. The number of para-hydroxylation sites is 1. The summed E-state index contributed by atoms with van der Waals surface area (Å²) in [4.78, 5) is 16.1. The summed E-state index contributed by atoms with van der Waals surface area (Å²) in [5, 5.41) is 9.59. The number of hydrogen-bond acceptors (Lipinski definition) is 4. The molecule has 3 aromatic rings. The van der Waals surface area contributed by atoms with Crippen LogP contribution < -0.4 is 9.47 Å². The van der Waals surface area contributed by atoms with Gasteiger partial charge < -0.3 is 14.6 Å². The van der Waals surface area contributed by atoms with Gasteiger partial charge in [0.05, 0.1) is 12.3 Å². The van der Waals surface area contributed by atoms with Crippen molar-refractivity contribution in [2.45, 2.75) is 26.9 Å². The van der Waals surface area contributed by atoms with Crippen LogP contribution in [0.25, 0.3) is 17.8 Å². The van der Waals surface area contributed by atoms with Crippen LogP contribution in [0.15, 0.2) is 42.6 Å². The molecule has 0 saturated heterocycles. The molecule has 158 valence electrons. The molecule has 3 rings (SSSR count). The highest BCUT2D eigenvalue weighted by Crippen LogP contribution is 2.34. The zero-order valence-electron chi connectivity index (χ0n) is 16.6. The van der Waals surface area contributed by atoms with Crippen molar-refractivity contribution >= 4 is 23.8 Å². The third kappa shape index (κ3) is 4.94. The molecule has 2 aromatic heterocycles. The van der Waals surface area contributed by atoms with Crippen LogP contribution in [-0.4, -0.2) is 33.7 Å². The zero-order valence-corrected chi connectivity index (χ0v) is 16.6. The van der Waals surface area contributed by atoms with Crippen LogP contribution in [0.1, 0.15) is 42.0 Å². The number of hydrogen-bond donors (Lipinski definition) is 1. The second kappa shape index (κ2) is 9.39. The van der Waals surface area contributed by atoms with Crippen LogP contribution in [0.2, 0.25) is 0 Å². The smallest absolute Gasteiger partial charge is 0.387 e. The lowest BCUT2D eigenvalue weighted by Gasteiger charge is -2.15. The Labute approximate surface area is 172 Å². The van der Waals surface area contributed by atoms with Gasteiger partial charge in [-0.05, 0) is 42.7 Å². The van der Waals surface area contributed by atoms with E-state index in [1.807, 2.05) is 13.8 Å². The summed E-state index contributed by atoms with van der Waals surface area (Å²) in [6.45, 7) is 1.40. The first-order valence-corrected chi connectivity index (χ1v) is 9.46. The molecule has 0 spiro atoms. The van der Waals surface area contributed by atoms with E-state index in [2.05, 4.69) is 9.72 Å². The standard InChI is InChI=1S/C22H22F2N2O4/c1-14(2)11-13-29-20-15(6-5-7-17(20)30-22(23)24)9-10-16-19(21(27)28)26-12-4-3-8-18(26)25-16/h3-10,12,14,22H,11,13H2,1-2H3,(H,27,28)/b10-9+. The van der Waals surface area contributed by atoms with Crippen LogP contribution in [0.5, 0.6) is 11.5 Å². The van der Waals surface area contributed by atoms with Gasteiger partial charge in [0.1, 0.15) is 5.65 Å². The van der Waals surface area contributed by atoms with E-state index in [1.54, 1.807) is 42.6 Å². The highest BCUT2D eigenvalue weighted by molar-refractivity contribution is 5.92. The summed E-state index contributed by atoms with van der Waals surface area (Å²) >= 11 is 0. The summed E-state index contributed by atoms with van der Waals surface area (Å²) in [5.74, 6) is -0.653. The van der Waals surface area contributed by atoms with Gasteiger partial charge in [0.15, 0.2) is 17.2 Å². The Morgan fingerprint density at radius 2 is 2.00 bits per heavy atom. The lowest BCUT2D eigenvalue weighted by atomic mass is 10.1. The molecule has 1 aromatic carbocycles. The van der Waals surface area contributed by atoms with E-state index in [9.17, 15) is 18.7 Å². The maximum atomic E-state index is 12.8. The van der Waals surface area contributed by atoms with E-state index >= 15 is 0 Å². The lowest BCUT2D eigenvalue weighted by Crippen LogP contribution is -2.07. The lowest BCUT2D eigenvalue weighted by molar-refractivity contribution is -0.0515. The molecule has 2 heterocycles. The fourth-order valence-electron chi connectivity index (χ4n) is 2.92. The van der Waals surface area contributed by atoms with Crippen LogP contribution in [-0.2, 0) is 0 Å². The predicted molar refractivity (Wildman–Crippen MR) is 109 cm³/mol. The number of rotatable bonds is 9. The minimum Gasteiger partial charge on any atom is -0.489 e. The number of ether oxygens (including phenoxy) is 2. The molecule has 0 unspecified atom stereocenters. The van der Waals surface area contributed by atoms with Gasteiger partial charge in [-0.15, -0.1) is 0 Å². The van der Waals surface area contributed by atoms with Gasteiger partial charge in [-0.2, -0.15) is 8.78 Å². The number of alkyl halides is 2. The van der Waals surface area contributed by atoms with Crippen LogP contribution >= 0.6 is 0 Å². The molecule has 0 radical (unpaired) electrons. The molecule has 0 amide bonds. The number of aromatic nitrogens is 2. The Bertz CT molecular complexity index is 1060. The molecule has 0 aliphatic heterocycles. The summed E-state index contributed by atoms with van der Waals surface area (Å²) in [6.07, 6.45) is 5.45. The van der Waals surface area contributed by atoms with Crippen molar-refractivity contribution < 1.29 is 28.2 Å². The van der Waals surface area contributed by atoms with Crippen LogP contribution in [0, 0.1) is 5.92 Å². The molecule has 0 atom stereocenters. The molecular formula is C22H22F2N2O4. The second-order valence-corrected chi connectivity index (χ2v) is 7.00. The number of fused-ring (bicyclic) bond motifs is 1. The topological polar surface area (TPSA) is 73.1 Å². The van der Waals surface area contributed by atoms with Crippen molar-refractivity contribution in [1.82, 2.24) is 9.38 Å². The molecule has 0 bridgehead atoms. The average Bonchev–Trinajstić information content (AvgIpc) is 3.05. The Morgan fingerprint density at radius 1 is 1.20 bits per heavy atom. The fraction of sp³-hybridized carbons (Fsp3) is 0.273. The molecule has 0 saturated carbocycles. The minimum absolute atomic E-state index is 0.00381. The van der Waals surface area contributed by atoms with E-state index in [4.69, 9.17) is 4.74 Å². The van der Waals surface area contributed by atoms with E-state index < -0.39 is 12.6 Å². The summed E-state index contributed by atoms with van der Waals surface area (Å²) in [7, 11) is 0. The number of carbonyl (C=O) groups is 1. The average molecular weight is 416 g/mol. The predicted octanol–water partition coefficient (Wildman–Crippen LogP) is 5.23. The molecule has 8 heteroatoms. The SMILES string of the molecule is CC(C)CCOc1c(/C=C/c2nc3ccccn3c2C(=O)O)cccc1OC(F)F. The first kappa shape index (κ1) is 21.3. The van der Waals surface area contributed by atoms with Crippen molar-refractivity contribution in [3.63, 3.8) is 0 Å². The van der Waals surface area contributed by atoms with Crippen molar-refractivity contribution in [3.05, 3.63) is 59.5 Å². The monoisotopic (exact) mass is 416 g/mol. The van der Waals surface area contributed by atoms with Gasteiger partial charge in [0.2, 0.25) is 0 Å².